The van der Waals surface area contributed by atoms with Crippen molar-refractivity contribution in [1.29, 1.82) is 0 Å². The van der Waals surface area contributed by atoms with Crippen LogP contribution in [-0.4, -0.2) is 52.5 Å². The molecule has 9 heteroatoms. The summed E-state index contributed by atoms with van der Waals surface area (Å²) in [5, 5.41) is 5.16. The molecule has 0 saturated carbocycles. The predicted molar refractivity (Wildman–Crippen MR) is 98.9 cm³/mol. The van der Waals surface area contributed by atoms with Gasteiger partial charge in [0.15, 0.2) is 0 Å². The number of primary sulfonamides is 1. The Bertz CT molecular complexity index is 957. The van der Waals surface area contributed by atoms with Crippen molar-refractivity contribution in [2.24, 2.45) is 5.14 Å². The highest BCUT2D eigenvalue weighted by atomic mass is 32.2. The minimum atomic E-state index is -3.94. The van der Waals surface area contributed by atoms with Gasteiger partial charge in [-0.05, 0) is 30.3 Å². The number of halogens is 1. The normalized spacial score (nSPS) is 14.9. The van der Waals surface area contributed by atoms with Gasteiger partial charge < -0.3 is 14.5 Å². The molecule has 3 rings (SSSR count). The van der Waals surface area contributed by atoms with Crippen LogP contribution in [0.3, 0.4) is 0 Å². The first kappa shape index (κ1) is 19.1. The number of carbonyl (C=O) groups excluding carboxylic acids is 1. The molecule has 1 saturated heterocycles. The Morgan fingerprint density at radius 2 is 1.78 bits per heavy atom. The first-order valence-electron chi connectivity index (χ1n) is 8.31. The van der Waals surface area contributed by atoms with Gasteiger partial charge >= 0.3 is 0 Å². The number of nitrogens with zero attached hydrogens (tertiary/aromatic N) is 2. The Kier molecular flexibility index (Phi) is 5.33. The zero-order chi connectivity index (χ0) is 19.6. The van der Waals surface area contributed by atoms with Gasteiger partial charge in [0, 0.05) is 26.2 Å². The SMILES string of the molecule is COc1ccc(S(N)(=O)=O)cc1C(=O)N1CCN(c2ccccc2F)CC1. The molecule has 1 aliphatic rings. The van der Waals surface area contributed by atoms with Crippen LogP contribution in [-0.2, 0) is 10.0 Å². The predicted octanol–water partition coefficient (Wildman–Crippen LogP) is 1.44. The number of benzene rings is 2. The molecule has 0 bridgehead atoms. The van der Waals surface area contributed by atoms with Crippen molar-refractivity contribution in [2.75, 3.05) is 38.2 Å². The lowest BCUT2D eigenvalue weighted by atomic mass is 10.1. The average molecular weight is 393 g/mol. The number of amides is 1. The zero-order valence-corrected chi connectivity index (χ0v) is 15.6. The lowest BCUT2D eigenvalue weighted by molar-refractivity contribution is 0.0743. The van der Waals surface area contributed by atoms with Crippen molar-refractivity contribution in [3.63, 3.8) is 0 Å². The molecule has 2 aromatic rings. The van der Waals surface area contributed by atoms with E-state index in [-0.39, 0.29) is 27.9 Å². The van der Waals surface area contributed by atoms with Crippen LogP contribution < -0.4 is 14.8 Å². The Hall–Kier alpha value is -2.65. The highest BCUT2D eigenvalue weighted by Gasteiger charge is 2.26. The van der Waals surface area contributed by atoms with E-state index in [9.17, 15) is 17.6 Å². The van der Waals surface area contributed by atoms with Crippen molar-refractivity contribution in [3.8, 4) is 5.75 Å². The van der Waals surface area contributed by atoms with Crippen LogP contribution >= 0.6 is 0 Å². The number of piperazine rings is 1. The molecular formula is C18H20FN3O4S. The van der Waals surface area contributed by atoms with Gasteiger partial charge in [0.1, 0.15) is 11.6 Å². The molecule has 2 aromatic carbocycles. The summed E-state index contributed by atoms with van der Waals surface area (Å²) in [6.07, 6.45) is 0. The maximum absolute atomic E-state index is 13.9. The van der Waals surface area contributed by atoms with Gasteiger partial charge in [0.25, 0.3) is 5.91 Å². The summed E-state index contributed by atoms with van der Waals surface area (Å²) in [4.78, 5) is 16.2. The Morgan fingerprint density at radius 1 is 1.11 bits per heavy atom. The van der Waals surface area contributed by atoms with Crippen molar-refractivity contribution in [2.45, 2.75) is 4.90 Å². The van der Waals surface area contributed by atoms with Gasteiger partial charge in [-0.2, -0.15) is 0 Å². The molecular weight excluding hydrogens is 373 g/mol. The van der Waals surface area contributed by atoms with Crippen LogP contribution in [0.4, 0.5) is 10.1 Å². The maximum atomic E-state index is 13.9. The summed E-state index contributed by atoms with van der Waals surface area (Å²) >= 11 is 0. The molecule has 27 heavy (non-hydrogen) atoms. The Morgan fingerprint density at radius 3 is 2.37 bits per heavy atom. The van der Waals surface area contributed by atoms with Gasteiger partial charge in [0.05, 0.1) is 23.3 Å². The number of hydrogen-bond acceptors (Lipinski definition) is 5. The van der Waals surface area contributed by atoms with Crippen molar-refractivity contribution in [1.82, 2.24) is 4.90 Å². The second-order valence-corrected chi connectivity index (χ2v) is 7.70. The molecule has 144 valence electrons. The van der Waals surface area contributed by atoms with Crippen LogP contribution in [0.15, 0.2) is 47.4 Å². The zero-order valence-electron chi connectivity index (χ0n) is 14.8. The number of hydrogen-bond donors (Lipinski definition) is 1. The number of nitrogens with two attached hydrogens (primary N) is 1. The minimum Gasteiger partial charge on any atom is -0.496 e. The monoisotopic (exact) mass is 393 g/mol. The molecule has 7 nitrogen and oxygen atoms in total. The van der Waals surface area contributed by atoms with Crippen molar-refractivity contribution in [3.05, 3.63) is 53.8 Å². The van der Waals surface area contributed by atoms with Crippen LogP contribution in [0.5, 0.6) is 5.75 Å². The molecule has 1 aliphatic heterocycles. The van der Waals surface area contributed by atoms with Gasteiger partial charge in [-0.1, -0.05) is 12.1 Å². The number of anilines is 1. The fourth-order valence-corrected chi connectivity index (χ4v) is 3.60. The first-order chi connectivity index (χ1) is 12.8. The van der Waals surface area contributed by atoms with E-state index in [2.05, 4.69) is 0 Å². The highest BCUT2D eigenvalue weighted by molar-refractivity contribution is 7.89. The van der Waals surface area contributed by atoms with Crippen LogP contribution in [0.1, 0.15) is 10.4 Å². The second-order valence-electron chi connectivity index (χ2n) is 6.14. The van der Waals surface area contributed by atoms with Gasteiger partial charge in [-0.3, -0.25) is 4.79 Å². The lowest BCUT2D eigenvalue weighted by Crippen LogP contribution is -2.49. The second kappa shape index (κ2) is 7.53. The molecule has 0 radical (unpaired) electrons. The third-order valence-electron chi connectivity index (χ3n) is 4.49. The van der Waals surface area contributed by atoms with E-state index in [0.29, 0.717) is 31.9 Å². The molecule has 0 spiro atoms. The first-order valence-corrected chi connectivity index (χ1v) is 9.85. The number of ether oxygens (including phenoxy) is 1. The summed E-state index contributed by atoms with van der Waals surface area (Å²) in [6.45, 7) is 1.67. The molecule has 1 amide bonds. The summed E-state index contributed by atoms with van der Waals surface area (Å²) in [5.74, 6) is -0.394. The topological polar surface area (TPSA) is 92.9 Å². The van der Waals surface area contributed by atoms with Gasteiger partial charge in [0.2, 0.25) is 10.0 Å². The number of para-hydroxylation sites is 1. The molecule has 1 heterocycles. The molecule has 2 N–H and O–H groups in total. The lowest BCUT2D eigenvalue weighted by Gasteiger charge is -2.36. The molecule has 0 aromatic heterocycles. The molecule has 0 atom stereocenters. The quantitative estimate of drug-likeness (QED) is 0.849. The standard InChI is InChI=1S/C18H20FN3O4S/c1-26-17-7-6-13(27(20,24)25)12-14(17)18(23)22-10-8-21(9-11-22)16-5-3-2-4-15(16)19/h2-7,12H,8-11H2,1H3,(H2,20,24,25). The summed E-state index contributed by atoms with van der Waals surface area (Å²) in [5.41, 5.74) is 0.627. The summed E-state index contributed by atoms with van der Waals surface area (Å²) in [6, 6.07) is 10.4. The van der Waals surface area contributed by atoms with E-state index in [1.807, 2.05) is 4.90 Å². The fraction of sp³-hybridized carbons (Fsp3) is 0.278. The average Bonchev–Trinajstić information content (AvgIpc) is 2.67. The van der Waals surface area contributed by atoms with Crippen LogP contribution in [0, 0.1) is 5.82 Å². The molecule has 1 fully saturated rings. The van der Waals surface area contributed by atoms with Crippen LogP contribution in [0.25, 0.3) is 0 Å². The maximum Gasteiger partial charge on any atom is 0.257 e. The Balaban J connectivity index is 1.79. The largest absolute Gasteiger partial charge is 0.496 e. The number of rotatable bonds is 4. The molecule has 0 aliphatic carbocycles. The van der Waals surface area contributed by atoms with E-state index in [0.717, 1.165) is 0 Å². The fourth-order valence-electron chi connectivity index (χ4n) is 3.06. The third kappa shape index (κ3) is 4.04. The van der Waals surface area contributed by atoms with Gasteiger partial charge in [-0.25, -0.2) is 17.9 Å². The number of carbonyl (C=O) groups is 1. The van der Waals surface area contributed by atoms with Crippen molar-refractivity contribution >= 4 is 21.6 Å². The van der Waals surface area contributed by atoms with Gasteiger partial charge in [-0.15, -0.1) is 0 Å². The van der Waals surface area contributed by atoms with E-state index in [1.165, 1.54) is 31.4 Å². The summed E-state index contributed by atoms with van der Waals surface area (Å²) in [7, 11) is -2.54. The van der Waals surface area contributed by atoms with Crippen molar-refractivity contribution < 1.29 is 22.3 Å². The minimum absolute atomic E-state index is 0.128. The van der Waals surface area contributed by atoms with E-state index in [1.54, 1.807) is 23.1 Å². The van der Waals surface area contributed by atoms with E-state index < -0.39 is 10.0 Å². The third-order valence-corrected chi connectivity index (χ3v) is 5.40. The number of sulfonamides is 1. The summed E-state index contributed by atoms with van der Waals surface area (Å²) < 4.78 is 42.3. The molecule has 0 unspecified atom stereocenters. The Labute approximate surface area is 157 Å². The smallest absolute Gasteiger partial charge is 0.257 e. The number of methoxy groups -OCH3 is 1. The van der Waals surface area contributed by atoms with Crippen LogP contribution in [0.2, 0.25) is 0 Å². The van der Waals surface area contributed by atoms with E-state index >= 15 is 0 Å². The van der Waals surface area contributed by atoms with E-state index in [4.69, 9.17) is 9.88 Å². The highest BCUT2D eigenvalue weighted by Crippen LogP contribution is 2.25.